The number of guanidine groups is 1. The number of aliphatic imine (C=N–C) groups is 1. The van der Waals surface area contributed by atoms with E-state index in [2.05, 4.69) is 27.5 Å². The summed E-state index contributed by atoms with van der Waals surface area (Å²) >= 11 is 1.61. The van der Waals surface area contributed by atoms with Gasteiger partial charge in [0.15, 0.2) is 5.96 Å². The van der Waals surface area contributed by atoms with Gasteiger partial charge in [-0.05, 0) is 6.92 Å². The Labute approximate surface area is 81.1 Å². The highest BCUT2D eigenvalue weighted by atomic mass is 32.1. The third-order valence-corrected chi connectivity index (χ3v) is 2.46. The maximum Gasteiger partial charge on any atom is 0.191 e. The maximum absolute atomic E-state index is 4.29. The zero-order chi connectivity index (χ0) is 9.10. The van der Waals surface area contributed by atoms with Crippen LogP contribution in [0.3, 0.4) is 0 Å². The first-order valence-corrected chi connectivity index (χ1v) is 5.21. The van der Waals surface area contributed by atoms with E-state index in [4.69, 9.17) is 0 Å². The predicted molar refractivity (Wildman–Crippen MR) is 53.9 cm³/mol. The van der Waals surface area contributed by atoms with Crippen LogP contribution in [0.5, 0.6) is 0 Å². The molecule has 5 heteroatoms. The van der Waals surface area contributed by atoms with Gasteiger partial charge in [-0.3, -0.25) is 4.99 Å². The Morgan fingerprint density at radius 1 is 1.77 bits per heavy atom. The van der Waals surface area contributed by atoms with Crippen LogP contribution in [-0.4, -0.2) is 23.5 Å². The molecule has 70 valence electrons. The first-order chi connectivity index (χ1) is 6.34. The molecule has 1 aromatic heterocycles. The van der Waals surface area contributed by atoms with E-state index < -0.39 is 0 Å². The van der Waals surface area contributed by atoms with Gasteiger partial charge >= 0.3 is 0 Å². The lowest BCUT2D eigenvalue weighted by molar-refractivity contribution is 0.712. The fourth-order valence-corrected chi connectivity index (χ4v) is 1.72. The molecule has 1 unspecified atom stereocenters. The lowest BCUT2D eigenvalue weighted by Crippen LogP contribution is -2.37. The Morgan fingerprint density at radius 2 is 2.69 bits per heavy atom. The van der Waals surface area contributed by atoms with E-state index in [0.717, 1.165) is 24.7 Å². The van der Waals surface area contributed by atoms with Crippen molar-refractivity contribution in [2.75, 3.05) is 6.54 Å². The summed E-state index contributed by atoms with van der Waals surface area (Å²) in [5.41, 5.74) is 2.90. The average molecular weight is 196 g/mol. The normalized spacial score (nSPS) is 21.0. The Morgan fingerprint density at radius 3 is 3.31 bits per heavy atom. The van der Waals surface area contributed by atoms with E-state index in [1.165, 1.54) is 0 Å². The molecule has 0 amide bonds. The minimum Gasteiger partial charge on any atom is -0.352 e. The predicted octanol–water partition coefficient (Wildman–Crippen LogP) is 0.580. The smallest absolute Gasteiger partial charge is 0.191 e. The molecule has 1 aliphatic rings. The van der Waals surface area contributed by atoms with Crippen LogP contribution in [-0.2, 0) is 6.54 Å². The molecule has 1 atom stereocenters. The Kier molecular flexibility index (Phi) is 2.44. The second-order valence-corrected chi connectivity index (χ2v) is 3.79. The van der Waals surface area contributed by atoms with E-state index >= 15 is 0 Å². The molecule has 0 saturated heterocycles. The molecular weight excluding hydrogens is 184 g/mol. The number of hydrogen-bond acceptors (Lipinski definition) is 5. The lowest BCUT2D eigenvalue weighted by Gasteiger charge is -2.06. The van der Waals surface area contributed by atoms with Crippen LogP contribution in [0.15, 0.2) is 15.9 Å². The van der Waals surface area contributed by atoms with Crippen molar-refractivity contribution in [3.05, 3.63) is 16.6 Å². The summed E-state index contributed by atoms with van der Waals surface area (Å²) < 4.78 is 0. The SMILES string of the molecule is CC1CN=C(NCc2cscn2)N1. The summed E-state index contributed by atoms with van der Waals surface area (Å²) in [6.45, 7) is 3.72. The molecule has 0 spiro atoms. The Balaban J connectivity index is 1.81. The van der Waals surface area contributed by atoms with Crippen LogP contribution in [0, 0.1) is 0 Å². The molecule has 0 aliphatic carbocycles. The highest BCUT2D eigenvalue weighted by molar-refractivity contribution is 7.07. The topological polar surface area (TPSA) is 49.3 Å². The van der Waals surface area contributed by atoms with Crippen molar-refractivity contribution in [1.29, 1.82) is 0 Å². The summed E-state index contributed by atoms with van der Waals surface area (Å²) in [6.07, 6.45) is 0. The molecule has 2 rings (SSSR count). The van der Waals surface area contributed by atoms with E-state index in [9.17, 15) is 0 Å². The van der Waals surface area contributed by atoms with Gasteiger partial charge in [0.25, 0.3) is 0 Å². The lowest BCUT2D eigenvalue weighted by atomic mass is 10.4. The van der Waals surface area contributed by atoms with Gasteiger partial charge in [0.1, 0.15) is 0 Å². The van der Waals surface area contributed by atoms with Gasteiger partial charge in [-0.1, -0.05) is 0 Å². The zero-order valence-corrected chi connectivity index (χ0v) is 8.27. The average Bonchev–Trinajstić information content (AvgIpc) is 2.71. The van der Waals surface area contributed by atoms with E-state index in [-0.39, 0.29) is 0 Å². The summed E-state index contributed by atoms with van der Waals surface area (Å²) in [5, 5.41) is 8.46. The van der Waals surface area contributed by atoms with Crippen LogP contribution in [0.25, 0.3) is 0 Å². The van der Waals surface area contributed by atoms with Crippen molar-refractivity contribution in [3.8, 4) is 0 Å². The standard InChI is InChI=1S/C8H12N4S/c1-6-2-9-8(12-6)10-3-7-4-13-5-11-7/h4-6H,2-3H2,1H3,(H2,9,10,12). The fourth-order valence-electron chi connectivity index (χ4n) is 1.16. The molecule has 2 N–H and O–H groups in total. The molecule has 0 fully saturated rings. The Bertz CT molecular complexity index is 293. The van der Waals surface area contributed by atoms with E-state index in [1.807, 2.05) is 10.9 Å². The quantitative estimate of drug-likeness (QED) is 0.727. The van der Waals surface area contributed by atoms with Gasteiger partial charge in [-0.25, -0.2) is 4.98 Å². The van der Waals surface area contributed by atoms with Crippen molar-refractivity contribution in [2.24, 2.45) is 4.99 Å². The van der Waals surface area contributed by atoms with E-state index in [0.29, 0.717) is 6.04 Å². The Hall–Kier alpha value is -1.10. The highest BCUT2D eigenvalue weighted by Crippen LogP contribution is 2.00. The van der Waals surface area contributed by atoms with Crippen molar-refractivity contribution in [1.82, 2.24) is 15.6 Å². The number of rotatable bonds is 2. The van der Waals surface area contributed by atoms with Gasteiger partial charge in [-0.15, -0.1) is 11.3 Å². The van der Waals surface area contributed by atoms with Gasteiger partial charge < -0.3 is 10.6 Å². The minimum absolute atomic E-state index is 0.456. The van der Waals surface area contributed by atoms with Crippen LogP contribution in [0.1, 0.15) is 12.6 Å². The van der Waals surface area contributed by atoms with Gasteiger partial charge in [0, 0.05) is 11.4 Å². The maximum atomic E-state index is 4.29. The summed E-state index contributed by atoms with van der Waals surface area (Å²) in [5.74, 6) is 0.889. The molecule has 2 heterocycles. The van der Waals surface area contributed by atoms with Crippen LogP contribution >= 0.6 is 11.3 Å². The molecule has 1 aliphatic heterocycles. The minimum atomic E-state index is 0.456. The zero-order valence-electron chi connectivity index (χ0n) is 7.45. The monoisotopic (exact) mass is 196 g/mol. The van der Waals surface area contributed by atoms with Crippen molar-refractivity contribution in [2.45, 2.75) is 19.5 Å². The van der Waals surface area contributed by atoms with Gasteiger partial charge in [0.2, 0.25) is 0 Å². The second-order valence-electron chi connectivity index (χ2n) is 3.07. The van der Waals surface area contributed by atoms with Crippen LogP contribution in [0.4, 0.5) is 0 Å². The first-order valence-electron chi connectivity index (χ1n) is 4.26. The molecule has 0 aromatic carbocycles. The summed E-state index contributed by atoms with van der Waals surface area (Å²) in [4.78, 5) is 8.46. The number of nitrogens with zero attached hydrogens (tertiary/aromatic N) is 2. The van der Waals surface area contributed by atoms with Crippen molar-refractivity contribution in [3.63, 3.8) is 0 Å². The van der Waals surface area contributed by atoms with Crippen molar-refractivity contribution >= 4 is 17.3 Å². The fraction of sp³-hybridized carbons (Fsp3) is 0.500. The van der Waals surface area contributed by atoms with Crippen LogP contribution < -0.4 is 10.6 Å². The third-order valence-electron chi connectivity index (χ3n) is 1.83. The number of thiazole rings is 1. The van der Waals surface area contributed by atoms with Gasteiger partial charge in [0.05, 0.1) is 24.3 Å². The molecule has 1 aromatic rings. The largest absolute Gasteiger partial charge is 0.352 e. The number of aromatic nitrogens is 1. The van der Waals surface area contributed by atoms with Crippen molar-refractivity contribution < 1.29 is 0 Å². The molecule has 4 nitrogen and oxygen atoms in total. The summed E-state index contributed by atoms with van der Waals surface area (Å²) in [7, 11) is 0. The molecule has 0 saturated carbocycles. The number of nitrogens with one attached hydrogen (secondary N) is 2. The van der Waals surface area contributed by atoms with E-state index in [1.54, 1.807) is 11.3 Å². The molecule has 0 radical (unpaired) electrons. The number of hydrogen-bond donors (Lipinski definition) is 2. The summed E-state index contributed by atoms with van der Waals surface area (Å²) in [6, 6.07) is 0.456. The molecular formula is C8H12N4S. The molecule has 0 bridgehead atoms. The molecule has 13 heavy (non-hydrogen) atoms. The van der Waals surface area contributed by atoms with Crippen LogP contribution in [0.2, 0.25) is 0 Å². The highest BCUT2D eigenvalue weighted by Gasteiger charge is 2.11. The van der Waals surface area contributed by atoms with Gasteiger partial charge in [-0.2, -0.15) is 0 Å². The second kappa shape index (κ2) is 3.74. The first kappa shape index (κ1) is 8.50. The third kappa shape index (κ3) is 2.18.